The topological polar surface area (TPSA) is 75.0 Å². The van der Waals surface area contributed by atoms with Crippen molar-refractivity contribution in [3.05, 3.63) is 58.4 Å². The Morgan fingerprint density at radius 3 is 2.33 bits per heavy atom. The van der Waals surface area contributed by atoms with Crippen LogP contribution in [0.15, 0.2) is 51.7 Å². The van der Waals surface area contributed by atoms with E-state index in [4.69, 9.17) is 18.6 Å². The minimum atomic E-state index is -0.283. The van der Waals surface area contributed by atoms with E-state index >= 15 is 0 Å². The molecule has 156 valence electrons. The lowest BCUT2D eigenvalue weighted by Gasteiger charge is -2.19. The molecular formula is C24H24O6. The fourth-order valence-electron chi connectivity index (χ4n) is 3.75. The highest BCUT2D eigenvalue weighted by molar-refractivity contribution is 5.81. The molecule has 1 heterocycles. The van der Waals surface area contributed by atoms with Crippen molar-refractivity contribution in [2.24, 2.45) is 5.92 Å². The maximum absolute atomic E-state index is 12.9. The van der Waals surface area contributed by atoms with E-state index in [9.17, 15) is 9.59 Å². The number of carbonyl (C=O) groups is 1. The summed E-state index contributed by atoms with van der Waals surface area (Å²) >= 11 is 0. The number of carbonyl (C=O) groups excluding carboxylic acids is 1. The summed E-state index contributed by atoms with van der Waals surface area (Å²) in [6.07, 6.45) is 5.02. The van der Waals surface area contributed by atoms with Gasteiger partial charge in [-0.15, -0.1) is 0 Å². The van der Waals surface area contributed by atoms with Gasteiger partial charge in [-0.3, -0.25) is 9.59 Å². The van der Waals surface area contributed by atoms with Gasteiger partial charge in [-0.2, -0.15) is 0 Å². The van der Waals surface area contributed by atoms with Gasteiger partial charge >= 0.3 is 5.97 Å². The van der Waals surface area contributed by atoms with E-state index in [1.165, 1.54) is 6.42 Å². The zero-order valence-corrected chi connectivity index (χ0v) is 17.1. The van der Waals surface area contributed by atoms with Crippen LogP contribution in [-0.2, 0) is 4.79 Å². The molecule has 1 saturated carbocycles. The summed E-state index contributed by atoms with van der Waals surface area (Å²) in [6.45, 7) is 1.67. The summed E-state index contributed by atoms with van der Waals surface area (Å²) in [6, 6.07) is 11.7. The van der Waals surface area contributed by atoms with E-state index in [2.05, 4.69) is 0 Å². The Morgan fingerprint density at radius 2 is 1.63 bits per heavy atom. The molecule has 2 aromatic carbocycles. The molecule has 0 radical (unpaired) electrons. The van der Waals surface area contributed by atoms with Crippen molar-refractivity contribution in [3.63, 3.8) is 0 Å². The number of esters is 1. The predicted molar refractivity (Wildman–Crippen MR) is 112 cm³/mol. The van der Waals surface area contributed by atoms with Gasteiger partial charge in [0, 0.05) is 6.07 Å². The van der Waals surface area contributed by atoms with Gasteiger partial charge in [-0.1, -0.05) is 19.3 Å². The minimum absolute atomic E-state index is 0.0523. The molecule has 1 aliphatic rings. The van der Waals surface area contributed by atoms with Crippen molar-refractivity contribution in [1.82, 2.24) is 0 Å². The van der Waals surface area contributed by atoms with Crippen molar-refractivity contribution in [2.75, 3.05) is 7.11 Å². The van der Waals surface area contributed by atoms with Crippen LogP contribution in [0.1, 0.15) is 37.9 Å². The molecule has 1 fully saturated rings. The number of rotatable bonds is 5. The van der Waals surface area contributed by atoms with E-state index in [0.717, 1.165) is 25.7 Å². The van der Waals surface area contributed by atoms with Crippen molar-refractivity contribution in [2.45, 2.75) is 39.0 Å². The maximum atomic E-state index is 12.9. The first kappa shape index (κ1) is 20.0. The number of methoxy groups -OCH3 is 1. The van der Waals surface area contributed by atoms with Crippen LogP contribution in [0.25, 0.3) is 11.0 Å². The Labute approximate surface area is 174 Å². The van der Waals surface area contributed by atoms with Crippen LogP contribution in [0.3, 0.4) is 0 Å². The van der Waals surface area contributed by atoms with E-state index in [1.54, 1.807) is 56.5 Å². The number of fused-ring (bicyclic) bond motifs is 1. The first-order valence-corrected chi connectivity index (χ1v) is 10.2. The van der Waals surface area contributed by atoms with Crippen LogP contribution in [-0.4, -0.2) is 13.1 Å². The maximum Gasteiger partial charge on any atom is 0.314 e. The quantitative estimate of drug-likeness (QED) is 0.416. The van der Waals surface area contributed by atoms with Crippen molar-refractivity contribution in [1.29, 1.82) is 0 Å². The van der Waals surface area contributed by atoms with E-state index in [1.807, 2.05) is 0 Å². The molecule has 0 spiro atoms. The molecular weight excluding hydrogens is 384 g/mol. The second kappa shape index (κ2) is 8.61. The molecule has 6 heteroatoms. The fourth-order valence-corrected chi connectivity index (χ4v) is 3.75. The minimum Gasteiger partial charge on any atom is -0.497 e. The third-order valence-electron chi connectivity index (χ3n) is 5.42. The molecule has 0 saturated heterocycles. The molecule has 1 aliphatic carbocycles. The molecule has 0 aliphatic heterocycles. The SMILES string of the molecule is COc1ccc(Oc2c(C)oc3cc(OC(=O)C4CCCCC4)ccc3c2=O)cc1. The number of benzene rings is 2. The Kier molecular flexibility index (Phi) is 5.74. The monoisotopic (exact) mass is 408 g/mol. The van der Waals surface area contributed by atoms with Crippen molar-refractivity contribution in [3.8, 4) is 23.0 Å². The summed E-state index contributed by atoms with van der Waals surface area (Å²) in [5, 5.41) is 0.363. The van der Waals surface area contributed by atoms with Crippen LogP contribution in [0.4, 0.5) is 0 Å². The summed E-state index contributed by atoms with van der Waals surface area (Å²) in [4.78, 5) is 25.3. The average Bonchev–Trinajstić information content (AvgIpc) is 2.77. The Hall–Kier alpha value is -3.28. The largest absolute Gasteiger partial charge is 0.497 e. The van der Waals surface area contributed by atoms with Crippen molar-refractivity contribution < 1.29 is 23.4 Å². The van der Waals surface area contributed by atoms with Gasteiger partial charge in [0.2, 0.25) is 11.2 Å². The molecule has 0 bridgehead atoms. The fraction of sp³-hybridized carbons (Fsp3) is 0.333. The van der Waals surface area contributed by atoms with Crippen LogP contribution in [0, 0.1) is 12.8 Å². The molecule has 3 aromatic rings. The third kappa shape index (κ3) is 4.17. The van der Waals surface area contributed by atoms with Gasteiger partial charge in [0.25, 0.3) is 0 Å². The Balaban J connectivity index is 1.58. The van der Waals surface area contributed by atoms with Gasteiger partial charge in [-0.25, -0.2) is 0 Å². The van der Waals surface area contributed by atoms with Crippen LogP contribution in [0.2, 0.25) is 0 Å². The number of hydrogen-bond donors (Lipinski definition) is 0. The molecule has 4 rings (SSSR count). The summed E-state index contributed by atoms with van der Waals surface area (Å²) in [5.74, 6) is 1.78. The standard InChI is InChI=1S/C24H24O6/c1-15-23(29-18-10-8-17(27-2)9-11-18)22(25)20-13-12-19(14-21(20)28-15)30-24(26)16-6-4-3-5-7-16/h8-14,16H,3-7H2,1-2H3. The smallest absolute Gasteiger partial charge is 0.314 e. The lowest BCUT2D eigenvalue weighted by atomic mass is 9.89. The van der Waals surface area contributed by atoms with Gasteiger partial charge in [0.15, 0.2) is 0 Å². The molecule has 1 aromatic heterocycles. The average molecular weight is 408 g/mol. The van der Waals surface area contributed by atoms with Gasteiger partial charge in [0.05, 0.1) is 18.4 Å². The van der Waals surface area contributed by atoms with E-state index < -0.39 is 0 Å². The van der Waals surface area contributed by atoms with Crippen LogP contribution < -0.4 is 19.6 Å². The predicted octanol–water partition coefficient (Wildman–Crippen LogP) is 5.39. The zero-order valence-electron chi connectivity index (χ0n) is 17.1. The highest BCUT2D eigenvalue weighted by atomic mass is 16.5. The summed E-state index contributed by atoms with van der Waals surface area (Å²) in [7, 11) is 1.58. The van der Waals surface area contributed by atoms with Gasteiger partial charge < -0.3 is 18.6 Å². The van der Waals surface area contributed by atoms with Gasteiger partial charge in [-0.05, 0) is 56.2 Å². The van der Waals surface area contributed by atoms with Crippen LogP contribution >= 0.6 is 0 Å². The molecule has 0 N–H and O–H groups in total. The third-order valence-corrected chi connectivity index (χ3v) is 5.42. The molecule has 6 nitrogen and oxygen atoms in total. The lowest BCUT2D eigenvalue weighted by Crippen LogP contribution is -2.22. The van der Waals surface area contributed by atoms with Crippen LogP contribution in [0.5, 0.6) is 23.0 Å². The summed E-state index contributed by atoms with van der Waals surface area (Å²) in [5.41, 5.74) is 0.0725. The zero-order chi connectivity index (χ0) is 21.1. The number of ether oxygens (including phenoxy) is 3. The second-order valence-electron chi connectivity index (χ2n) is 7.51. The normalized spacial score (nSPS) is 14.5. The van der Waals surface area contributed by atoms with Gasteiger partial charge in [0.1, 0.15) is 28.6 Å². The number of aryl methyl sites for hydroxylation is 1. The van der Waals surface area contributed by atoms with E-state index in [0.29, 0.717) is 34.0 Å². The molecule has 0 unspecified atom stereocenters. The second-order valence-corrected chi connectivity index (χ2v) is 7.51. The Morgan fingerprint density at radius 1 is 0.967 bits per heavy atom. The molecule has 0 amide bonds. The first-order valence-electron chi connectivity index (χ1n) is 10.2. The molecule has 30 heavy (non-hydrogen) atoms. The first-order chi connectivity index (χ1) is 14.5. The summed E-state index contributed by atoms with van der Waals surface area (Å²) < 4.78 is 22.3. The Bertz CT molecular complexity index is 1110. The lowest BCUT2D eigenvalue weighted by molar-refractivity contribution is -0.139. The molecule has 0 atom stereocenters. The van der Waals surface area contributed by atoms with Crippen molar-refractivity contribution >= 4 is 16.9 Å². The number of hydrogen-bond acceptors (Lipinski definition) is 6. The highest BCUT2D eigenvalue weighted by Crippen LogP contribution is 2.30. The van der Waals surface area contributed by atoms with E-state index in [-0.39, 0.29) is 23.1 Å². The highest BCUT2D eigenvalue weighted by Gasteiger charge is 2.23.